The third-order valence-corrected chi connectivity index (χ3v) is 3.96. The Labute approximate surface area is 130 Å². The standard InChI is InChI=1S/C18H19ClN2/c1-3-14-5-4-6-15(12-14)21-17-8-7-13(2)11-16(17)20-18(21)9-10-19/h4-8,11-12H,3,9-10H2,1-2H3. The van der Waals surface area contributed by atoms with Crippen molar-refractivity contribution in [3.8, 4) is 5.69 Å². The predicted molar refractivity (Wildman–Crippen MR) is 89.6 cm³/mol. The first kappa shape index (κ1) is 14.2. The summed E-state index contributed by atoms with van der Waals surface area (Å²) in [6.45, 7) is 4.27. The minimum Gasteiger partial charge on any atom is -0.296 e. The summed E-state index contributed by atoms with van der Waals surface area (Å²) in [4.78, 5) is 4.77. The van der Waals surface area contributed by atoms with E-state index in [4.69, 9.17) is 16.6 Å². The molecule has 21 heavy (non-hydrogen) atoms. The summed E-state index contributed by atoms with van der Waals surface area (Å²) in [6.07, 6.45) is 1.80. The second-order valence-corrected chi connectivity index (χ2v) is 5.70. The molecule has 0 fully saturated rings. The van der Waals surface area contributed by atoms with Gasteiger partial charge in [0.1, 0.15) is 5.82 Å². The summed E-state index contributed by atoms with van der Waals surface area (Å²) >= 11 is 5.96. The number of nitrogens with zero attached hydrogens (tertiary/aromatic N) is 2. The average Bonchev–Trinajstić information content (AvgIpc) is 2.84. The number of rotatable bonds is 4. The van der Waals surface area contributed by atoms with Gasteiger partial charge in [-0.3, -0.25) is 4.57 Å². The van der Waals surface area contributed by atoms with Crippen molar-refractivity contribution in [2.24, 2.45) is 0 Å². The molecule has 0 radical (unpaired) electrons. The molecule has 0 atom stereocenters. The fourth-order valence-electron chi connectivity index (χ4n) is 2.70. The van der Waals surface area contributed by atoms with Gasteiger partial charge < -0.3 is 0 Å². The van der Waals surface area contributed by atoms with Crippen molar-refractivity contribution in [3.63, 3.8) is 0 Å². The van der Waals surface area contributed by atoms with E-state index in [1.165, 1.54) is 16.8 Å². The van der Waals surface area contributed by atoms with Gasteiger partial charge >= 0.3 is 0 Å². The van der Waals surface area contributed by atoms with Crippen molar-refractivity contribution in [2.45, 2.75) is 26.7 Å². The molecule has 0 aliphatic carbocycles. The van der Waals surface area contributed by atoms with Gasteiger partial charge in [-0.1, -0.05) is 25.1 Å². The lowest BCUT2D eigenvalue weighted by Crippen LogP contribution is -2.02. The molecule has 1 aromatic heterocycles. The first-order chi connectivity index (χ1) is 10.2. The van der Waals surface area contributed by atoms with Gasteiger partial charge in [-0.15, -0.1) is 11.6 Å². The fourth-order valence-corrected chi connectivity index (χ4v) is 2.87. The average molecular weight is 299 g/mol. The molecule has 2 nitrogen and oxygen atoms in total. The number of alkyl halides is 1. The first-order valence-corrected chi connectivity index (χ1v) is 7.89. The molecule has 0 saturated carbocycles. The molecule has 108 valence electrons. The molecule has 0 unspecified atom stereocenters. The zero-order valence-electron chi connectivity index (χ0n) is 12.4. The summed E-state index contributed by atoms with van der Waals surface area (Å²) in [7, 11) is 0. The van der Waals surface area contributed by atoms with E-state index in [1.807, 2.05) is 0 Å². The molecule has 2 aromatic carbocycles. The van der Waals surface area contributed by atoms with Crippen LogP contribution < -0.4 is 0 Å². The molecule has 0 spiro atoms. The maximum Gasteiger partial charge on any atom is 0.115 e. The molecular formula is C18H19ClN2. The number of hydrogen-bond donors (Lipinski definition) is 0. The van der Waals surface area contributed by atoms with Gasteiger partial charge in [0.2, 0.25) is 0 Å². The molecule has 0 aliphatic heterocycles. The van der Waals surface area contributed by atoms with Crippen molar-refractivity contribution in [2.75, 3.05) is 5.88 Å². The number of hydrogen-bond acceptors (Lipinski definition) is 1. The van der Waals surface area contributed by atoms with Crippen molar-refractivity contribution in [1.82, 2.24) is 9.55 Å². The van der Waals surface area contributed by atoms with Gasteiger partial charge in [0, 0.05) is 18.0 Å². The van der Waals surface area contributed by atoms with Crippen LogP contribution in [0, 0.1) is 6.92 Å². The van der Waals surface area contributed by atoms with Crippen molar-refractivity contribution in [1.29, 1.82) is 0 Å². The maximum absolute atomic E-state index is 5.96. The fraction of sp³-hybridized carbons (Fsp3) is 0.278. The van der Waals surface area contributed by atoms with Crippen molar-refractivity contribution < 1.29 is 0 Å². The lowest BCUT2D eigenvalue weighted by molar-refractivity contribution is 0.910. The van der Waals surface area contributed by atoms with Gasteiger partial charge in [0.05, 0.1) is 11.0 Å². The lowest BCUT2D eigenvalue weighted by atomic mass is 10.1. The maximum atomic E-state index is 5.96. The number of benzene rings is 2. The summed E-state index contributed by atoms with van der Waals surface area (Å²) in [5.41, 5.74) is 5.91. The summed E-state index contributed by atoms with van der Waals surface area (Å²) in [5.74, 6) is 1.61. The number of aryl methyl sites for hydroxylation is 3. The van der Waals surface area contributed by atoms with Crippen LogP contribution in [0.3, 0.4) is 0 Å². The van der Waals surface area contributed by atoms with Crippen LogP contribution in [0.1, 0.15) is 23.9 Å². The SMILES string of the molecule is CCc1cccc(-n2c(CCCl)nc3cc(C)ccc32)c1. The minimum atomic E-state index is 0.579. The van der Waals surface area contributed by atoms with Gasteiger partial charge in [0.15, 0.2) is 0 Å². The van der Waals surface area contributed by atoms with Crippen LogP contribution in [-0.2, 0) is 12.8 Å². The number of halogens is 1. The van der Waals surface area contributed by atoms with E-state index in [0.717, 1.165) is 29.7 Å². The Morgan fingerprint density at radius 2 is 2.00 bits per heavy atom. The third-order valence-electron chi connectivity index (χ3n) is 3.77. The lowest BCUT2D eigenvalue weighted by Gasteiger charge is -2.10. The normalized spacial score (nSPS) is 11.2. The zero-order chi connectivity index (χ0) is 14.8. The van der Waals surface area contributed by atoms with Crippen LogP contribution in [0.5, 0.6) is 0 Å². The largest absolute Gasteiger partial charge is 0.296 e. The van der Waals surface area contributed by atoms with E-state index >= 15 is 0 Å². The molecule has 0 bridgehead atoms. The molecule has 3 rings (SSSR count). The quantitative estimate of drug-likeness (QED) is 0.640. The molecule has 3 aromatic rings. The predicted octanol–water partition coefficient (Wildman–Crippen LogP) is 4.68. The van der Waals surface area contributed by atoms with Crippen LogP contribution >= 0.6 is 11.6 Å². The summed E-state index contributed by atoms with van der Waals surface area (Å²) in [6, 6.07) is 15.1. The van der Waals surface area contributed by atoms with E-state index < -0.39 is 0 Å². The minimum absolute atomic E-state index is 0.579. The Bertz CT molecular complexity index is 774. The van der Waals surface area contributed by atoms with Crippen LogP contribution in [0.15, 0.2) is 42.5 Å². The second kappa shape index (κ2) is 5.90. The van der Waals surface area contributed by atoms with E-state index in [0.29, 0.717) is 5.88 Å². The highest BCUT2D eigenvalue weighted by atomic mass is 35.5. The molecule has 0 saturated heterocycles. The number of aromatic nitrogens is 2. The molecule has 3 heteroatoms. The summed E-state index contributed by atoms with van der Waals surface area (Å²) < 4.78 is 2.23. The Kier molecular flexibility index (Phi) is 3.98. The second-order valence-electron chi connectivity index (χ2n) is 5.32. The Morgan fingerprint density at radius 1 is 1.14 bits per heavy atom. The van der Waals surface area contributed by atoms with E-state index in [9.17, 15) is 0 Å². The van der Waals surface area contributed by atoms with Gasteiger partial charge in [-0.05, 0) is 48.7 Å². The van der Waals surface area contributed by atoms with Gasteiger partial charge in [-0.2, -0.15) is 0 Å². The third kappa shape index (κ3) is 2.68. The smallest absolute Gasteiger partial charge is 0.115 e. The van der Waals surface area contributed by atoms with E-state index in [1.54, 1.807) is 0 Å². The number of fused-ring (bicyclic) bond motifs is 1. The topological polar surface area (TPSA) is 17.8 Å². The monoisotopic (exact) mass is 298 g/mol. The summed E-state index contributed by atoms with van der Waals surface area (Å²) in [5, 5.41) is 0. The first-order valence-electron chi connectivity index (χ1n) is 7.36. The van der Waals surface area contributed by atoms with Gasteiger partial charge in [0.25, 0.3) is 0 Å². The highest BCUT2D eigenvalue weighted by molar-refractivity contribution is 6.17. The molecule has 0 N–H and O–H groups in total. The van der Waals surface area contributed by atoms with Crippen molar-refractivity contribution >= 4 is 22.6 Å². The Morgan fingerprint density at radius 3 is 2.76 bits per heavy atom. The van der Waals surface area contributed by atoms with Crippen LogP contribution in [0.4, 0.5) is 0 Å². The van der Waals surface area contributed by atoms with Gasteiger partial charge in [-0.25, -0.2) is 4.98 Å². The van der Waals surface area contributed by atoms with E-state index in [-0.39, 0.29) is 0 Å². The Hall–Kier alpha value is -1.80. The molecule has 1 heterocycles. The van der Waals surface area contributed by atoms with Crippen LogP contribution in [-0.4, -0.2) is 15.4 Å². The van der Waals surface area contributed by atoms with Crippen LogP contribution in [0.25, 0.3) is 16.7 Å². The van der Waals surface area contributed by atoms with E-state index in [2.05, 4.69) is 60.9 Å². The van der Waals surface area contributed by atoms with Crippen molar-refractivity contribution in [3.05, 3.63) is 59.4 Å². The van der Waals surface area contributed by atoms with Crippen LogP contribution in [0.2, 0.25) is 0 Å². The molecular weight excluding hydrogens is 280 g/mol. The molecule has 0 aliphatic rings. The Balaban J connectivity index is 2.25. The highest BCUT2D eigenvalue weighted by Crippen LogP contribution is 2.24. The number of imidazole rings is 1. The highest BCUT2D eigenvalue weighted by Gasteiger charge is 2.12. The molecule has 0 amide bonds. The zero-order valence-corrected chi connectivity index (χ0v) is 13.2.